The summed E-state index contributed by atoms with van der Waals surface area (Å²) in [7, 11) is 0. The molecule has 1 saturated heterocycles. The summed E-state index contributed by atoms with van der Waals surface area (Å²) in [6.07, 6.45) is 1.07. The van der Waals surface area contributed by atoms with E-state index in [0.717, 1.165) is 23.5 Å². The second-order valence-corrected chi connectivity index (χ2v) is 7.35. The fraction of sp³-hybridized carbons (Fsp3) is 0.263. The van der Waals surface area contributed by atoms with Crippen LogP contribution in [0.3, 0.4) is 0 Å². The monoisotopic (exact) mass is 435 g/mol. The Labute approximate surface area is 173 Å². The van der Waals surface area contributed by atoms with Crippen LogP contribution in [0.4, 0.5) is 18.9 Å². The van der Waals surface area contributed by atoms with Gasteiger partial charge in [-0.05, 0) is 25.1 Å². The molecule has 2 atom stereocenters. The van der Waals surface area contributed by atoms with Crippen molar-refractivity contribution in [1.82, 2.24) is 20.3 Å². The fourth-order valence-electron chi connectivity index (χ4n) is 2.95. The van der Waals surface area contributed by atoms with Gasteiger partial charge in [-0.25, -0.2) is 23.1 Å². The third kappa shape index (κ3) is 4.26. The predicted molar refractivity (Wildman–Crippen MR) is 104 cm³/mol. The Balaban J connectivity index is 1.52. The van der Waals surface area contributed by atoms with Crippen LogP contribution in [0.5, 0.6) is 5.88 Å². The summed E-state index contributed by atoms with van der Waals surface area (Å²) in [4.78, 5) is 24.4. The number of hydrogen-bond acceptors (Lipinski definition) is 7. The second kappa shape index (κ2) is 8.76. The minimum absolute atomic E-state index is 0.0310. The zero-order valence-electron chi connectivity index (χ0n) is 15.4. The molecule has 0 spiro atoms. The van der Waals surface area contributed by atoms with Crippen LogP contribution in [0, 0.1) is 11.6 Å². The lowest BCUT2D eigenvalue weighted by Crippen LogP contribution is -2.44. The smallest absolute Gasteiger partial charge is 0.275 e. The molecule has 3 heterocycles. The Morgan fingerprint density at radius 2 is 2.10 bits per heavy atom. The largest absolute Gasteiger partial charge is 0.470 e. The normalized spacial score (nSPS) is 18.8. The molecule has 0 bridgehead atoms. The van der Waals surface area contributed by atoms with E-state index in [1.54, 1.807) is 0 Å². The zero-order valence-corrected chi connectivity index (χ0v) is 16.3. The van der Waals surface area contributed by atoms with Gasteiger partial charge >= 0.3 is 0 Å². The number of piperidine rings is 1. The van der Waals surface area contributed by atoms with Crippen molar-refractivity contribution in [2.24, 2.45) is 0 Å². The van der Waals surface area contributed by atoms with E-state index >= 15 is 0 Å². The van der Waals surface area contributed by atoms with Crippen LogP contribution in [-0.2, 0) is 0 Å². The molecule has 0 aliphatic carbocycles. The molecular formula is C19H16F3N5O2S. The summed E-state index contributed by atoms with van der Waals surface area (Å²) in [5.74, 6) is -2.16. The van der Waals surface area contributed by atoms with E-state index in [2.05, 4.69) is 25.6 Å². The van der Waals surface area contributed by atoms with Crippen molar-refractivity contribution in [2.45, 2.75) is 18.7 Å². The molecule has 3 aromatic rings. The fourth-order valence-corrected chi connectivity index (χ4v) is 3.80. The van der Waals surface area contributed by atoms with E-state index in [1.807, 2.05) is 0 Å². The summed E-state index contributed by atoms with van der Waals surface area (Å²) in [6.45, 7) is 0.776. The molecule has 2 aromatic heterocycles. The van der Waals surface area contributed by atoms with Crippen LogP contribution in [0.25, 0.3) is 10.6 Å². The SMILES string of the molecule is O=C(Nc1cncnc1O[C@@H]1CCNC[C@@H]1F)c1csc(-c2c(F)cccc2F)n1. The third-order valence-corrected chi connectivity index (χ3v) is 5.31. The van der Waals surface area contributed by atoms with E-state index in [4.69, 9.17) is 4.74 Å². The van der Waals surface area contributed by atoms with Gasteiger partial charge in [-0.15, -0.1) is 11.3 Å². The summed E-state index contributed by atoms with van der Waals surface area (Å²) in [6, 6.07) is 3.48. The number of halogens is 3. The molecule has 7 nitrogen and oxygen atoms in total. The maximum absolute atomic E-state index is 14.0. The number of nitrogens with one attached hydrogen (secondary N) is 2. The van der Waals surface area contributed by atoms with Crippen molar-refractivity contribution < 1.29 is 22.7 Å². The molecule has 0 radical (unpaired) electrons. The highest BCUT2D eigenvalue weighted by molar-refractivity contribution is 7.13. The zero-order chi connectivity index (χ0) is 21.1. The van der Waals surface area contributed by atoms with E-state index in [-0.39, 0.29) is 34.4 Å². The lowest BCUT2D eigenvalue weighted by atomic mass is 10.1. The van der Waals surface area contributed by atoms with Gasteiger partial charge in [-0.3, -0.25) is 4.79 Å². The average Bonchev–Trinajstić information content (AvgIpc) is 3.21. The highest BCUT2D eigenvalue weighted by Gasteiger charge is 2.28. The Hall–Kier alpha value is -3.05. The van der Waals surface area contributed by atoms with Crippen molar-refractivity contribution in [1.29, 1.82) is 0 Å². The molecule has 4 rings (SSSR count). The number of amides is 1. The van der Waals surface area contributed by atoms with Crippen molar-refractivity contribution in [3.8, 4) is 16.5 Å². The molecule has 156 valence electrons. The lowest BCUT2D eigenvalue weighted by Gasteiger charge is -2.27. The standard InChI is InChI=1S/C19H16F3N5O2S/c20-10-2-1-3-11(21)16(10)19-27-14(8-30-19)17(28)26-13-7-24-9-25-18(13)29-15-4-5-23-6-12(15)22/h1-3,7-9,12,15,23H,4-6H2,(H,26,28)/t12-,15+/m0/s1. The number of hydrogen-bond donors (Lipinski definition) is 2. The third-order valence-electron chi connectivity index (χ3n) is 4.45. The van der Waals surface area contributed by atoms with Crippen LogP contribution in [0.2, 0.25) is 0 Å². The molecule has 0 unspecified atom stereocenters. The minimum atomic E-state index is -1.21. The molecule has 0 saturated carbocycles. The molecule has 2 N–H and O–H groups in total. The second-order valence-electron chi connectivity index (χ2n) is 6.50. The van der Waals surface area contributed by atoms with E-state index in [9.17, 15) is 18.0 Å². The molecular weight excluding hydrogens is 419 g/mol. The average molecular weight is 435 g/mol. The highest BCUT2D eigenvalue weighted by atomic mass is 32.1. The highest BCUT2D eigenvalue weighted by Crippen LogP contribution is 2.30. The van der Waals surface area contributed by atoms with Crippen LogP contribution in [0.15, 0.2) is 36.1 Å². The van der Waals surface area contributed by atoms with E-state index in [0.29, 0.717) is 13.0 Å². The molecule has 11 heteroatoms. The topological polar surface area (TPSA) is 89.0 Å². The van der Waals surface area contributed by atoms with Crippen LogP contribution in [-0.4, -0.2) is 46.2 Å². The van der Waals surface area contributed by atoms with Crippen LogP contribution in [0.1, 0.15) is 16.9 Å². The number of anilines is 1. The Morgan fingerprint density at radius 3 is 2.87 bits per heavy atom. The van der Waals surface area contributed by atoms with Gasteiger partial charge in [0.2, 0.25) is 5.88 Å². The number of aromatic nitrogens is 3. The van der Waals surface area contributed by atoms with Gasteiger partial charge in [-0.1, -0.05) is 6.07 Å². The van der Waals surface area contributed by atoms with Crippen molar-refractivity contribution in [3.05, 3.63) is 53.4 Å². The van der Waals surface area contributed by atoms with Crippen LogP contribution < -0.4 is 15.4 Å². The van der Waals surface area contributed by atoms with Gasteiger partial charge in [0.05, 0.1) is 11.8 Å². The Morgan fingerprint density at radius 1 is 1.30 bits per heavy atom. The van der Waals surface area contributed by atoms with Gasteiger partial charge in [0.15, 0.2) is 0 Å². The summed E-state index contributed by atoms with van der Waals surface area (Å²) in [5.41, 5.74) is -0.203. The van der Waals surface area contributed by atoms with Crippen molar-refractivity contribution in [3.63, 3.8) is 0 Å². The first-order valence-corrected chi connectivity index (χ1v) is 9.93. The number of carbonyl (C=O) groups is 1. The molecule has 1 aliphatic rings. The molecule has 1 amide bonds. The number of ether oxygens (including phenoxy) is 1. The molecule has 30 heavy (non-hydrogen) atoms. The minimum Gasteiger partial charge on any atom is -0.470 e. The van der Waals surface area contributed by atoms with E-state index in [1.165, 1.54) is 24.0 Å². The first-order chi connectivity index (χ1) is 14.5. The number of benzene rings is 1. The van der Waals surface area contributed by atoms with Gasteiger partial charge < -0.3 is 15.4 Å². The van der Waals surface area contributed by atoms with Crippen molar-refractivity contribution >= 4 is 22.9 Å². The number of carbonyl (C=O) groups excluding carboxylic acids is 1. The maximum Gasteiger partial charge on any atom is 0.275 e. The first kappa shape index (κ1) is 20.2. The lowest BCUT2D eigenvalue weighted by molar-refractivity contribution is 0.0697. The summed E-state index contributed by atoms with van der Waals surface area (Å²) >= 11 is 0.932. The van der Waals surface area contributed by atoms with Gasteiger partial charge in [0.1, 0.15) is 46.6 Å². The Bertz CT molecular complexity index is 1040. The number of thiazole rings is 1. The quantitative estimate of drug-likeness (QED) is 0.640. The van der Waals surface area contributed by atoms with Crippen LogP contribution >= 0.6 is 11.3 Å². The Kier molecular flexibility index (Phi) is 5.91. The number of alkyl halides is 1. The van der Waals surface area contributed by atoms with Gasteiger partial charge in [0.25, 0.3) is 5.91 Å². The summed E-state index contributed by atoms with van der Waals surface area (Å²) < 4.78 is 47.6. The van der Waals surface area contributed by atoms with E-state index < -0.39 is 29.8 Å². The van der Waals surface area contributed by atoms with Crippen molar-refractivity contribution in [2.75, 3.05) is 18.4 Å². The molecule has 1 fully saturated rings. The first-order valence-electron chi connectivity index (χ1n) is 9.05. The predicted octanol–water partition coefficient (Wildman–Crippen LogP) is 3.21. The summed E-state index contributed by atoms with van der Waals surface area (Å²) in [5, 5.41) is 6.89. The maximum atomic E-state index is 14.0. The molecule has 1 aliphatic heterocycles. The number of rotatable bonds is 5. The van der Waals surface area contributed by atoms with Gasteiger partial charge in [0, 0.05) is 11.9 Å². The van der Waals surface area contributed by atoms with Gasteiger partial charge in [-0.2, -0.15) is 4.98 Å². The molecule has 1 aromatic carbocycles. The number of nitrogens with zero attached hydrogens (tertiary/aromatic N) is 3.